The van der Waals surface area contributed by atoms with E-state index in [1.165, 1.54) is 29.7 Å². The number of benzene rings is 4. The first-order valence-corrected chi connectivity index (χ1v) is 13.6. The predicted octanol–water partition coefficient (Wildman–Crippen LogP) is 7.46. The Hall–Kier alpha value is -5.06. The summed E-state index contributed by atoms with van der Waals surface area (Å²) in [6.07, 6.45) is 1.54. The van der Waals surface area contributed by atoms with Gasteiger partial charge >= 0.3 is 0 Å². The lowest BCUT2D eigenvalue weighted by Crippen LogP contribution is -2.17. The van der Waals surface area contributed by atoms with Crippen LogP contribution in [-0.4, -0.2) is 22.0 Å². The molecule has 11 heteroatoms. The molecule has 0 unspecified atom stereocenters. The molecule has 1 aromatic heterocycles. The van der Waals surface area contributed by atoms with E-state index in [1.54, 1.807) is 48.5 Å². The van der Waals surface area contributed by atoms with Crippen molar-refractivity contribution in [2.45, 2.75) is 6.61 Å². The number of aromatic nitrogens is 1. The topological polar surface area (TPSA) is 119 Å². The second-order valence-electron chi connectivity index (χ2n) is 8.73. The van der Waals surface area contributed by atoms with Crippen molar-refractivity contribution in [2.75, 3.05) is 5.32 Å². The van der Waals surface area contributed by atoms with Crippen molar-refractivity contribution in [3.63, 3.8) is 0 Å². The molecule has 5 aromatic rings. The minimum Gasteiger partial charge on any atom is -0.489 e. The smallest absolute Gasteiger partial charge is 0.271 e. The SMILES string of the molecule is O=C(N/N=C\c1ccc(OCc2ccc([N+](=O)[O-])cc2)cc1)c1ccc(-c2csc(Nc3ccc(Cl)cc3)n2)cc1. The van der Waals surface area contributed by atoms with Gasteiger partial charge in [-0.1, -0.05) is 23.7 Å². The number of nitrogens with one attached hydrogen (secondary N) is 2. The number of nitro groups is 1. The number of ether oxygens (including phenoxy) is 1. The normalized spacial score (nSPS) is 10.9. The van der Waals surface area contributed by atoms with Gasteiger partial charge in [0, 0.05) is 39.3 Å². The Morgan fingerprint density at radius 2 is 1.68 bits per heavy atom. The average molecular weight is 584 g/mol. The van der Waals surface area contributed by atoms with E-state index in [2.05, 4.69) is 20.8 Å². The lowest BCUT2D eigenvalue weighted by Gasteiger charge is -2.06. The Labute approximate surface area is 244 Å². The van der Waals surface area contributed by atoms with Crippen molar-refractivity contribution in [1.82, 2.24) is 10.4 Å². The molecule has 4 aromatic carbocycles. The largest absolute Gasteiger partial charge is 0.489 e. The van der Waals surface area contributed by atoms with Crippen LogP contribution in [0.4, 0.5) is 16.5 Å². The van der Waals surface area contributed by atoms with Gasteiger partial charge < -0.3 is 10.1 Å². The zero-order valence-corrected chi connectivity index (χ0v) is 22.9. The first kappa shape index (κ1) is 27.5. The van der Waals surface area contributed by atoms with Crippen molar-refractivity contribution < 1.29 is 14.5 Å². The molecule has 5 rings (SSSR count). The van der Waals surface area contributed by atoms with E-state index in [0.29, 0.717) is 16.3 Å². The first-order valence-electron chi connectivity index (χ1n) is 12.3. The summed E-state index contributed by atoms with van der Waals surface area (Å²) < 4.78 is 5.73. The van der Waals surface area contributed by atoms with Crippen LogP contribution in [0.15, 0.2) is 108 Å². The van der Waals surface area contributed by atoms with E-state index >= 15 is 0 Å². The second-order valence-corrected chi connectivity index (χ2v) is 10.0. The Balaban J connectivity index is 1.10. The summed E-state index contributed by atoms with van der Waals surface area (Å²) in [5.41, 5.74) is 7.22. The van der Waals surface area contributed by atoms with Crippen molar-refractivity contribution in [1.29, 1.82) is 0 Å². The molecule has 0 atom stereocenters. The third kappa shape index (κ3) is 7.53. The average Bonchev–Trinajstić information content (AvgIpc) is 3.46. The van der Waals surface area contributed by atoms with Gasteiger partial charge in [0.2, 0.25) is 0 Å². The van der Waals surface area contributed by atoms with Crippen LogP contribution in [-0.2, 0) is 6.61 Å². The van der Waals surface area contributed by atoms with E-state index in [4.69, 9.17) is 16.3 Å². The van der Waals surface area contributed by atoms with Crippen LogP contribution in [0, 0.1) is 10.1 Å². The maximum absolute atomic E-state index is 12.5. The molecule has 0 aliphatic rings. The number of rotatable bonds is 10. The van der Waals surface area contributed by atoms with Crippen LogP contribution in [0.5, 0.6) is 5.75 Å². The summed E-state index contributed by atoms with van der Waals surface area (Å²) in [5, 5.41) is 21.4. The molecule has 1 amide bonds. The van der Waals surface area contributed by atoms with Gasteiger partial charge in [-0.3, -0.25) is 14.9 Å². The van der Waals surface area contributed by atoms with Crippen molar-refractivity contribution >= 4 is 51.6 Å². The van der Waals surface area contributed by atoms with Gasteiger partial charge in [-0.05, 0) is 83.9 Å². The molecule has 0 bridgehead atoms. The zero-order valence-electron chi connectivity index (χ0n) is 21.4. The van der Waals surface area contributed by atoms with E-state index < -0.39 is 4.92 Å². The first-order chi connectivity index (χ1) is 19.9. The van der Waals surface area contributed by atoms with Gasteiger partial charge in [0.15, 0.2) is 5.13 Å². The van der Waals surface area contributed by atoms with Gasteiger partial charge in [-0.25, -0.2) is 10.4 Å². The fourth-order valence-electron chi connectivity index (χ4n) is 3.67. The number of anilines is 2. The predicted molar refractivity (Wildman–Crippen MR) is 161 cm³/mol. The van der Waals surface area contributed by atoms with Crippen LogP contribution in [0.2, 0.25) is 5.02 Å². The molecule has 41 heavy (non-hydrogen) atoms. The maximum Gasteiger partial charge on any atom is 0.271 e. The van der Waals surface area contributed by atoms with Crippen molar-refractivity contribution in [2.24, 2.45) is 5.10 Å². The number of carbonyl (C=O) groups excluding carboxylic acids is 1. The molecular formula is C30H22ClN5O4S. The Bertz CT molecular complexity index is 1670. The van der Waals surface area contributed by atoms with Gasteiger partial charge in [0.25, 0.3) is 11.6 Å². The summed E-state index contributed by atoms with van der Waals surface area (Å²) in [7, 11) is 0. The molecular weight excluding hydrogens is 562 g/mol. The van der Waals surface area contributed by atoms with E-state index in [0.717, 1.165) is 33.2 Å². The number of halogens is 1. The van der Waals surface area contributed by atoms with Crippen molar-refractivity contribution in [3.05, 3.63) is 134 Å². The maximum atomic E-state index is 12.5. The van der Waals surface area contributed by atoms with Crippen molar-refractivity contribution in [3.8, 4) is 17.0 Å². The zero-order chi connectivity index (χ0) is 28.6. The van der Waals surface area contributed by atoms with Crippen LogP contribution in [0.3, 0.4) is 0 Å². The third-order valence-corrected chi connectivity index (χ3v) is 6.86. The summed E-state index contributed by atoms with van der Waals surface area (Å²) in [5.74, 6) is 0.303. The fourth-order valence-corrected chi connectivity index (χ4v) is 4.54. The monoisotopic (exact) mass is 583 g/mol. The molecule has 0 saturated carbocycles. The number of amides is 1. The highest BCUT2D eigenvalue weighted by Gasteiger charge is 2.09. The lowest BCUT2D eigenvalue weighted by atomic mass is 10.1. The Morgan fingerprint density at radius 1 is 0.976 bits per heavy atom. The fraction of sp³-hybridized carbons (Fsp3) is 0.0333. The number of carbonyl (C=O) groups is 1. The molecule has 0 radical (unpaired) electrons. The van der Waals surface area contributed by atoms with E-state index in [1.807, 2.05) is 41.8 Å². The molecule has 1 heterocycles. The molecule has 0 saturated heterocycles. The van der Waals surface area contributed by atoms with Gasteiger partial charge in [0.05, 0.1) is 16.8 Å². The lowest BCUT2D eigenvalue weighted by molar-refractivity contribution is -0.384. The highest BCUT2D eigenvalue weighted by molar-refractivity contribution is 7.14. The second kappa shape index (κ2) is 12.9. The number of hydrazone groups is 1. The van der Waals surface area contributed by atoms with Crippen LogP contribution in [0.25, 0.3) is 11.3 Å². The van der Waals surface area contributed by atoms with E-state index in [9.17, 15) is 14.9 Å². The minimum absolute atomic E-state index is 0.0371. The molecule has 204 valence electrons. The number of non-ortho nitro benzene ring substituents is 1. The molecule has 0 aliphatic carbocycles. The number of thiazole rings is 1. The van der Waals surface area contributed by atoms with Crippen LogP contribution in [0.1, 0.15) is 21.5 Å². The standard InChI is InChI=1S/C30H22ClN5O4S/c31-24-9-11-25(12-10-24)33-30-34-28(19-41-30)22-5-7-23(8-6-22)29(37)35-32-17-20-3-15-27(16-4-20)40-18-21-1-13-26(14-2-21)36(38)39/h1-17,19H,18H2,(H,33,34)(H,35,37)/b32-17-. The molecule has 0 aliphatic heterocycles. The number of nitro benzene ring substituents is 1. The van der Waals surface area contributed by atoms with Gasteiger partial charge in [-0.15, -0.1) is 11.3 Å². The quantitative estimate of drug-likeness (QED) is 0.100. The van der Waals surface area contributed by atoms with E-state index in [-0.39, 0.29) is 18.2 Å². The summed E-state index contributed by atoms with van der Waals surface area (Å²) >= 11 is 7.42. The molecule has 9 nitrogen and oxygen atoms in total. The number of hydrogen-bond donors (Lipinski definition) is 2. The Morgan fingerprint density at radius 3 is 2.37 bits per heavy atom. The highest BCUT2D eigenvalue weighted by atomic mass is 35.5. The molecule has 0 spiro atoms. The number of nitrogens with zero attached hydrogens (tertiary/aromatic N) is 3. The summed E-state index contributed by atoms with van der Waals surface area (Å²) in [6, 6.07) is 27.9. The summed E-state index contributed by atoms with van der Waals surface area (Å²) in [4.78, 5) is 27.5. The third-order valence-electron chi connectivity index (χ3n) is 5.86. The summed E-state index contributed by atoms with van der Waals surface area (Å²) in [6.45, 7) is 0.282. The van der Waals surface area contributed by atoms with Crippen LogP contribution >= 0.6 is 22.9 Å². The van der Waals surface area contributed by atoms with Gasteiger partial charge in [-0.2, -0.15) is 5.10 Å². The molecule has 0 fully saturated rings. The Kier molecular flexibility index (Phi) is 8.63. The van der Waals surface area contributed by atoms with Gasteiger partial charge in [0.1, 0.15) is 12.4 Å². The molecule has 2 N–H and O–H groups in total. The minimum atomic E-state index is -0.439. The highest BCUT2D eigenvalue weighted by Crippen LogP contribution is 2.28. The number of hydrogen-bond acceptors (Lipinski definition) is 8. The van der Waals surface area contributed by atoms with Crippen LogP contribution < -0.4 is 15.5 Å².